The van der Waals surface area contributed by atoms with Crippen LogP contribution in [0, 0.1) is 3.57 Å². The van der Waals surface area contributed by atoms with Gasteiger partial charge in [-0.2, -0.15) is 0 Å². The molecule has 0 aliphatic carbocycles. The number of morpholine rings is 1. The van der Waals surface area contributed by atoms with Crippen molar-refractivity contribution in [2.45, 2.75) is 44.9 Å². The molecule has 2 fully saturated rings. The molecule has 1 aromatic carbocycles. The van der Waals surface area contributed by atoms with Crippen LogP contribution in [0.25, 0.3) is 0 Å². The predicted molar refractivity (Wildman–Crippen MR) is 109 cm³/mol. The van der Waals surface area contributed by atoms with E-state index in [4.69, 9.17) is 4.74 Å². The molecule has 2 saturated heterocycles. The van der Waals surface area contributed by atoms with Crippen molar-refractivity contribution in [1.29, 1.82) is 0 Å². The summed E-state index contributed by atoms with van der Waals surface area (Å²) >= 11 is 2.27. The van der Waals surface area contributed by atoms with Gasteiger partial charge >= 0.3 is 0 Å². The number of anilines is 1. The topological polar surface area (TPSA) is 44.8 Å². The number of rotatable bonds is 5. The first kappa shape index (κ1) is 19.1. The molecule has 0 radical (unpaired) electrons. The number of benzene rings is 1. The summed E-state index contributed by atoms with van der Waals surface area (Å²) in [6, 6.07) is 8.40. The van der Waals surface area contributed by atoms with Crippen LogP contribution in [0.15, 0.2) is 24.3 Å². The molecule has 0 bridgehead atoms. The number of hydrogen-bond donors (Lipinski definition) is 1. The minimum atomic E-state index is 0.0804. The van der Waals surface area contributed by atoms with Crippen LogP contribution in [0.2, 0.25) is 0 Å². The Morgan fingerprint density at radius 3 is 2.60 bits per heavy atom. The second kappa shape index (κ2) is 8.79. The molecule has 2 aliphatic rings. The molecule has 2 heterocycles. The van der Waals surface area contributed by atoms with Gasteiger partial charge in [0, 0.05) is 34.9 Å². The van der Waals surface area contributed by atoms with Crippen molar-refractivity contribution < 1.29 is 9.53 Å². The molecular weight excluding hydrogens is 429 g/mol. The molecule has 3 rings (SSSR count). The molecule has 0 aromatic heterocycles. The van der Waals surface area contributed by atoms with Gasteiger partial charge in [0.2, 0.25) is 5.91 Å². The SMILES string of the molecule is CC1CN(CC2CCCN2CC(=O)Nc2ccc(I)cc2)CC(C)O1. The molecule has 3 atom stereocenters. The number of nitrogens with zero attached hydrogens (tertiary/aromatic N) is 2. The van der Waals surface area contributed by atoms with E-state index in [0.717, 1.165) is 31.9 Å². The van der Waals surface area contributed by atoms with E-state index in [9.17, 15) is 4.79 Å². The van der Waals surface area contributed by atoms with Crippen LogP contribution in [0.5, 0.6) is 0 Å². The van der Waals surface area contributed by atoms with Crippen molar-refractivity contribution in [3.05, 3.63) is 27.8 Å². The molecule has 5 nitrogen and oxygen atoms in total. The van der Waals surface area contributed by atoms with E-state index in [0.29, 0.717) is 24.8 Å². The lowest BCUT2D eigenvalue weighted by molar-refractivity contribution is -0.117. The number of carbonyl (C=O) groups excluding carboxylic acids is 1. The molecular formula is C19H28IN3O2. The second-order valence-corrected chi connectivity index (χ2v) is 8.54. The number of hydrogen-bond acceptors (Lipinski definition) is 4. The van der Waals surface area contributed by atoms with Gasteiger partial charge in [-0.25, -0.2) is 0 Å². The normalized spacial score (nSPS) is 28.2. The standard InChI is InChI=1S/C19H28IN3O2/c1-14-10-22(11-15(2)25-14)12-18-4-3-9-23(18)13-19(24)21-17-7-5-16(20)6-8-17/h5-8,14-15,18H,3-4,9-13H2,1-2H3,(H,21,24). The van der Waals surface area contributed by atoms with Crippen LogP contribution in [0.3, 0.4) is 0 Å². The summed E-state index contributed by atoms with van der Waals surface area (Å²) in [5.41, 5.74) is 0.872. The Kier molecular flexibility index (Phi) is 6.71. The lowest BCUT2D eigenvalue weighted by Crippen LogP contribution is -2.50. The number of likely N-dealkylation sites (tertiary alicyclic amines) is 1. The highest BCUT2D eigenvalue weighted by molar-refractivity contribution is 14.1. The molecule has 138 valence electrons. The fourth-order valence-electron chi connectivity index (χ4n) is 3.96. The van der Waals surface area contributed by atoms with E-state index < -0.39 is 0 Å². The summed E-state index contributed by atoms with van der Waals surface area (Å²) in [5, 5.41) is 3.02. The van der Waals surface area contributed by atoms with E-state index in [1.54, 1.807) is 0 Å². The van der Waals surface area contributed by atoms with E-state index in [-0.39, 0.29) is 5.91 Å². The summed E-state index contributed by atoms with van der Waals surface area (Å²) in [7, 11) is 0. The van der Waals surface area contributed by atoms with Crippen LogP contribution in [-0.2, 0) is 9.53 Å². The third-order valence-corrected chi connectivity index (χ3v) is 5.66. The number of carbonyl (C=O) groups is 1. The fourth-order valence-corrected chi connectivity index (χ4v) is 4.32. The first-order valence-corrected chi connectivity index (χ1v) is 10.2. The predicted octanol–water partition coefficient (Wildman–Crippen LogP) is 2.80. The monoisotopic (exact) mass is 457 g/mol. The average molecular weight is 457 g/mol. The summed E-state index contributed by atoms with van der Waals surface area (Å²) in [5.74, 6) is 0.0804. The highest BCUT2D eigenvalue weighted by Gasteiger charge is 2.30. The average Bonchev–Trinajstić information content (AvgIpc) is 2.95. The molecule has 25 heavy (non-hydrogen) atoms. The molecule has 1 amide bonds. The van der Waals surface area contributed by atoms with Crippen LogP contribution in [0.4, 0.5) is 5.69 Å². The van der Waals surface area contributed by atoms with Crippen molar-refractivity contribution in [3.8, 4) is 0 Å². The Hall–Kier alpha value is -0.700. The first-order chi connectivity index (χ1) is 12.0. The minimum Gasteiger partial charge on any atom is -0.373 e. The van der Waals surface area contributed by atoms with Gasteiger partial charge in [-0.15, -0.1) is 0 Å². The largest absolute Gasteiger partial charge is 0.373 e. The Labute approximate surface area is 164 Å². The highest BCUT2D eigenvalue weighted by Crippen LogP contribution is 2.20. The van der Waals surface area contributed by atoms with E-state index >= 15 is 0 Å². The molecule has 0 spiro atoms. The lowest BCUT2D eigenvalue weighted by Gasteiger charge is -2.38. The molecule has 3 unspecified atom stereocenters. The fraction of sp³-hybridized carbons (Fsp3) is 0.632. The van der Waals surface area contributed by atoms with Gasteiger partial charge in [-0.1, -0.05) is 0 Å². The van der Waals surface area contributed by atoms with Crippen molar-refractivity contribution in [1.82, 2.24) is 9.80 Å². The number of nitrogens with one attached hydrogen (secondary N) is 1. The molecule has 0 saturated carbocycles. The van der Waals surface area contributed by atoms with Gasteiger partial charge in [-0.3, -0.25) is 14.6 Å². The first-order valence-electron chi connectivity index (χ1n) is 9.17. The third-order valence-electron chi connectivity index (χ3n) is 4.94. The highest BCUT2D eigenvalue weighted by atomic mass is 127. The van der Waals surface area contributed by atoms with Crippen molar-refractivity contribution >= 4 is 34.2 Å². The molecule has 1 N–H and O–H groups in total. The molecule has 1 aromatic rings. The Bertz CT molecular complexity index is 571. The van der Waals surface area contributed by atoms with Gasteiger partial charge < -0.3 is 10.1 Å². The number of halogens is 1. The van der Waals surface area contributed by atoms with Crippen LogP contribution < -0.4 is 5.32 Å². The van der Waals surface area contributed by atoms with Gasteiger partial charge in [0.25, 0.3) is 0 Å². The zero-order chi connectivity index (χ0) is 17.8. The van der Waals surface area contributed by atoms with E-state index in [1.165, 1.54) is 16.4 Å². The van der Waals surface area contributed by atoms with Crippen LogP contribution in [-0.4, -0.2) is 66.7 Å². The Balaban J connectivity index is 1.51. The maximum atomic E-state index is 12.4. The van der Waals surface area contributed by atoms with Gasteiger partial charge in [-0.05, 0) is 80.1 Å². The Morgan fingerprint density at radius 2 is 1.92 bits per heavy atom. The van der Waals surface area contributed by atoms with Gasteiger partial charge in [0.05, 0.1) is 18.8 Å². The van der Waals surface area contributed by atoms with Crippen molar-refractivity contribution in [2.75, 3.05) is 38.0 Å². The van der Waals surface area contributed by atoms with Crippen molar-refractivity contribution in [2.24, 2.45) is 0 Å². The zero-order valence-corrected chi connectivity index (χ0v) is 17.2. The van der Waals surface area contributed by atoms with Gasteiger partial charge in [0.15, 0.2) is 0 Å². The minimum absolute atomic E-state index is 0.0804. The number of amides is 1. The van der Waals surface area contributed by atoms with Gasteiger partial charge in [0.1, 0.15) is 0 Å². The third kappa shape index (κ3) is 5.64. The van der Waals surface area contributed by atoms with E-state index in [1.807, 2.05) is 24.3 Å². The smallest absolute Gasteiger partial charge is 0.238 e. The summed E-state index contributed by atoms with van der Waals surface area (Å²) in [6.07, 6.45) is 2.94. The maximum Gasteiger partial charge on any atom is 0.238 e. The molecule has 6 heteroatoms. The Morgan fingerprint density at radius 1 is 1.24 bits per heavy atom. The lowest BCUT2D eigenvalue weighted by atomic mass is 10.1. The van der Waals surface area contributed by atoms with Crippen molar-refractivity contribution in [3.63, 3.8) is 0 Å². The van der Waals surface area contributed by atoms with E-state index in [2.05, 4.69) is 51.6 Å². The number of ether oxygens (including phenoxy) is 1. The summed E-state index contributed by atoms with van der Waals surface area (Å²) in [6.45, 7) is 8.79. The second-order valence-electron chi connectivity index (χ2n) is 7.30. The van der Waals surface area contributed by atoms with Crippen LogP contribution in [0.1, 0.15) is 26.7 Å². The summed E-state index contributed by atoms with van der Waals surface area (Å²) in [4.78, 5) is 17.2. The zero-order valence-electron chi connectivity index (χ0n) is 15.1. The quantitative estimate of drug-likeness (QED) is 0.691. The summed E-state index contributed by atoms with van der Waals surface area (Å²) < 4.78 is 7.00. The van der Waals surface area contributed by atoms with Crippen LogP contribution >= 0.6 is 22.6 Å². The molecule has 2 aliphatic heterocycles. The maximum absolute atomic E-state index is 12.4.